The van der Waals surface area contributed by atoms with E-state index >= 15 is 0 Å². The number of carbonyl (C=O) groups is 1. The molecule has 1 aliphatic rings. The second-order valence-electron chi connectivity index (χ2n) is 5.08. The molecule has 2 N–H and O–H groups in total. The van der Waals surface area contributed by atoms with E-state index in [-0.39, 0.29) is 5.78 Å². The van der Waals surface area contributed by atoms with Crippen molar-refractivity contribution in [3.63, 3.8) is 0 Å². The summed E-state index contributed by atoms with van der Waals surface area (Å²) < 4.78 is 5.45. The molecule has 2 aromatic rings. The van der Waals surface area contributed by atoms with E-state index in [0.717, 1.165) is 23.3 Å². The smallest absolute Gasteiger partial charge is 0.179 e. The monoisotopic (exact) mass is 267 g/mol. The van der Waals surface area contributed by atoms with Crippen LogP contribution in [0.15, 0.2) is 48.5 Å². The van der Waals surface area contributed by atoms with Gasteiger partial charge < -0.3 is 10.5 Å². The van der Waals surface area contributed by atoms with Gasteiger partial charge in [-0.3, -0.25) is 4.79 Å². The summed E-state index contributed by atoms with van der Waals surface area (Å²) in [4.78, 5) is 12.4. The van der Waals surface area contributed by atoms with Crippen LogP contribution in [0.25, 0.3) is 0 Å². The number of ketones is 1. The van der Waals surface area contributed by atoms with E-state index in [1.807, 2.05) is 42.5 Å². The number of carbonyl (C=O) groups excluding carboxylic acids is 1. The highest BCUT2D eigenvalue weighted by Gasteiger charge is 2.19. The molecule has 20 heavy (non-hydrogen) atoms. The molecule has 0 bridgehead atoms. The average molecular weight is 267 g/mol. The highest BCUT2D eigenvalue weighted by atomic mass is 16.5. The number of benzene rings is 2. The Balaban J connectivity index is 1.75. The van der Waals surface area contributed by atoms with Crippen LogP contribution in [0.4, 0.5) is 0 Å². The standard InChI is InChI=1S/C17H17NO2/c18-15(10-12-4-2-1-3-5-12)17(19)14-6-7-16-13(11-14)8-9-20-16/h1-7,11,15H,8-10,18H2. The van der Waals surface area contributed by atoms with Crippen molar-refractivity contribution < 1.29 is 9.53 Å². The van der Waals surface area contributed by atoms with Crippen LogP contribution in [0.5, 0.6) is 5.75 Å². The number of fused-ring (bicyclic) bond motifs is 1. The fraction of sp³-hybridized carbons (Fsp3) is 0.235. The normalized spacial score (nSPS) is 14.4. The van der Waals surface area contributed by atoms with Gasteiger partial charge in [-0.05, 0) is 35.7 Å². The molecular formula is C17H17NO2. The molecule has 3 rings (SSSR count). The first-order chi connectivity index (χ1) is 9.74. The van der Waals surface area contributed by atoms with Gasteiger partial charge >= 0.3 is 0 Å². The fourth-order valence-electron chi connectivity index (χ4n) is 2.51. The van der Waals surface area contributed by atoms with Crippen LogP contribution in [0.2, 0.25) is 0 Å². The van der Waals surface area contributed by atoms with Crippen LogP contribution in [0.1, 0.15) is 21.5 Å². The molecule has 0 spiro atoms. The molecule has 1 aliphatic heterocycles. The molecular weight excluding hydrogens is 250 g/mol. The van der Waals surface area contributed by atoms with Gasteiger partial charge in [0.2, 0.25) is 0 Å². The lowest BCUT2D eigenvalue weighted by Gasteiger charge is -2.11. The summed E-state index contributed by atoms with van der Waals surface area (Å²) in [6, 6.07) is 14.9. The quantitative estimate of drug-likeness (QED) is 0.865. The Morgan fingerprint density at radius 1 is 1.20 bits per heavy atom. The molecule has 0 aromatic heterocycles. The van der Waals surface area contributed by atoms with Crippen LogP contribution in [-0.4, -0.2) is 18.4 Å². The van der Waals surface area contributed by atoms with E-state index in [1.54, 1.807) is 6.07 Å². The molecule has 3 heteroatoms. The van der Waals surface area contributed by atoms with Crippen LogP contribution >= 0.6 is 0 Å². The number of rotatable bonds is 4. The lowest BCUT2D eigenvalue weighted by atomic mass is 9.97. The topological polar surface area (TPSA) is 52.3 Å². The van der Waals surface area contributed by atoms with Crippen molar-refractivity contribution in [3.05, 3.63) is 65.2 Å². The number of Topliss-reactive ketones (excluding diaryl/α,β-unsaturated/α-hetero) is 1. The van der Waals surface area contributed by atoms with Gasteiger partial charge in [0.1, 0.15) is 5.75 Å². The van der Waals surface area contributed by atoms with Crippen LogP contribution in [-0.2, 0) is 12.8 Å². The van der Waals surface area contributed by atoms with Crippen LogP contribution in [0, 0.1) is 0 Å². The lowest BCUT2D eigenvalue weighted by Crippen LogP contribution is -2.32. The average Bonchev–Trinajstić information content (AvgIpc) is 2.94. The van der Waals surface area contributed by atoms with Crippen molar-refractivity contribution >= 4 is 5.78 Å². The summed E-state index contributed by atoms with van der Waals surface area (Å²) in [5.74, 6) is 0.877. The van der Waals surface area contributed by atoms with Crippen molar-refractivity contribution in [1.29, 1.82) is 0 Å². The maximum Gasteiger partial charge on any atom is 0.179 e. The minimum Gasteiger partial charge on any atom is -0.493 e. The molecule has 2 aromatic carbocycles. The van der Waals surface area contributed by atoms with E-state index < -0.39 is 6.04 Å². The van der Waals surface area contributed by atoms with Crippen molar-refractivity contribution in [1.82, 2.24) is 0 Å². The minimum absolute atomic E-state index is 0.0106. The number of hydrogen-bond donors (Lipinski definition) is 1. The van der Waals surface area contributed by atoms with Crippen LogP contribution in [0.3, 0.4) is 0 Å². The van der Waals surface area contributed by atoms with Crippen molar-refractivity contribution in [2.45, 2.75) is 18.9 Å². The van der Waals surface area contributed by atoms with Crippen molar-refractivity contribution in [3.8, 4) is 5.75 Å². The van der Waals surface area contributed by atoms with Gasteiger partial charge in [0.25, 0.3) is 0 Å². The summed E-state index contributed by atoms with van der Waals surface area (Å²) in [5, 5.41) is 0. The Morgan fingerprint density at radius 2 is 2.00 bits per heavy atom. The summed E-state index contributed by atoms with van der Waals surface area (Å²) in [7, 11) is 0. The largest absolute Gasteiger partial charge is 0.493 e. The number of hydrogen-bond acceptors (Lipinski definition) is 3. The van der Waals surface area contributed by atoms with E-state index in [1.165, 1.54) is 0 Å². The minimum atomic E-state index is -0.502. The molecule has 102 valence electrons. The zero-order chi connectivity index (χ0) is 13.9. The van der Waals surface area contributed by atoms with Gasteiger partial charge in [-0.2, -0.15) is 0 Å². The zero-order valence-corrected chi connectivity index (χ0v) is 11.2. The molecule has 1 unspecified atom stereocenters. The first kappa shape index (κ1) is 12.9. The van der Waals surface area contributed by atoms with E-state index in [0.29, 0.717) is 18.6 Å². The lowest BCUT2D eigenvalue weighted by molar-refractivity contribution is 0.0961. The predicted molar refractivity (Wildman–Crippen MR) is 78.1 cm³/mol. The van der Waals surface area contributed by atoms with E-state index in [9.17, 15) is 4.79 Å². The highest BCUT2D eigenvalue weighted by Crippen LogP contribution is 2.26. The third kappa shape index (κ3) is 2.58. The molecule has 0 saturated heterocycles. The molecule has 0 aliphatic carbocycles. The first-order valence-electron chi connectivity index (χ1n) is 6.83. The van der Waals surface area contributed by atoms with Gasteiger partial charge in [0.15, 0.2) is 5.78 Å². The Bertz CT molecular complexity index is 622. The Morgan fingerprint density at radius 3 is 2.80 bits per heavy atom. The maximum absolute atomic E-state index is 12.4. The van der Waals surface area contributed by atoms with E-state index in [4.69, 9.17) is 10.5 Å². The highest BCUT2D eigenvalue weighted by molar-refractivity contribution is 6.00. The molecule has 3 nitrogen and oxygen atoms in total. The molecule has 1 heterocycles. The molecule has 0 fully saturated rings. The Labute approximate surface area is 118 Å². The molecule has 0 radical (unpaired) electrons. The fourth-order valence-corrected chi connectivity index (χ4v) is 2.51. The summed E-state index contributed by atoms with van der Waals surface area (Å²) in [6.45, 7) is 0.697. The predicted octanol–water partition coefficient (Wildman–Crippen LogP) is 2.37. The van der Waals surface area contributed by atoms with Crippen LogP contribution < -0.4 is 10.5 Å². The Kier molecular flexibility index (Phi) is 3.52. The molecule has 0 saturated carbocycles. The van der Waals surface area contributed by atoms with Crippen molar-refractivity contribution in [2.24, 2.45) is 5.73 Å². The third-order valence-corrected chi connectivity index (χ3v) is 3.61. The van der Waals surface area contributed by atoms with Gasteiger partial charge in [0, 0.05) is 12.0 Å². The maximum atomic E-state index is 12.4. The number of nitrogens with two attached hydrogens (primary N) is 1. The number of ether oxygens (including phenoxy) is 1. The van der Waals surface area contributed by atoms with Gasteiger partial charge in [-0.25, -0.2) is 0 Å². The molecule has 0 amide bonds. The zero-order valence-electron chi connectivity index (χ0n) is 11.2. The summed E-state index contributed by atoms with van der Waals surface area (Å²) in [6.07, 6.45) is 1.43. The van der Waals surface area contributed by atoms with E-state index in [2.05, 4.69) is 0 Å². The Hall–Kier alpha value is -2.13. The second-order valence-corrected chi connectivity index (χ2v) is 5.08. The second kappa shape index (κ2) is 5.47. The van der Waals surface area contributed by atoms with Gasteiger partial charge in [0.05, 0.1) is 12.6 Å². The first-order valence-corrected chi connectivity index (χ1v) is 6.83. The van der Waals surface area contributed by atoms with Gasteiger partial charge in [-0.15, -0.1) is 0 Å². The SMILES string of the molecule is NC(Cc1ccccc1)C(=O)c1ccc2c(c1)CCO2. The summed E-state index contributed by atoms with van der Waals surface area (Å²) >= 11 is 0. The summed E-state index contributed by atoms with van der Waals surface area (Å²) in [5.41, 5.74) is 8.91. The van der Waals surface area contributed by atoms with Gasteiger partial charge in [-0.1, -0.05) is 30.3 Å². The van der Waals surface area contributed by atoms with Crippen molar-refractivity contribution in [2.75, 3.05) is 6.61 Å². The molecule has 1 atom stereocenters. The third-order valence-electron chi connectivity index (χ3n) is 3.61.